The van der Waals surface area contributed by atoms with Crippen LogP contribution in [0.3, 0.4) is 0 Å². The first kappa shape index (κ1) is 14.2. The molecule has 0 saturated heterocycles. The lowest BCUT2D eigenvalue weighted by Gasteiger charge is -2.10. The quantitative estimate of drug-likeness (QED) is 0.852. The molecule has 0 amide bonds. The first-order valence-electron chi connectivity index (χ1n) is 4.57. The van der Waals surface area contributed by atoms with Crippen LogP contribution in [0.1, 0.15) is 6.92 Å². The average Bonchev–Trinajstić information content (AvgIpc) is 2.14. The highest BCUT2D eigenvalue weighted by atomic mass is 35.5. The number of ether oxygens (including phenoxy) is 1. The molecule has 0 spiro atoms. The summed E-state index contributed by atoms with van der Waals surface area (Å²) in [5.41, 5.74) is 0.541. The van der Waals surface area contributed by atoms with E-state index in [0.29, 0.717) is 10.6 Å². The van der Waals surface area contributed by atoms with E-state index in [1.54, 1.807) is 6.92 Å². The summed E-state index contributed by atoms with van der Waals surface area (Å²) in [6, 6.07) is 3.00. The molecule has 0 heterocycles. The van der Waals surface area contributed by atoms with Crippen molar-refractivity contribution in [1.29, 1.82) is 0 Å². The van der Waals surface area contributed by atoms with Gasteiger partial charge in [-0.15, -0.1) is 0 Å². The summed E-state index contributed by atoms with van der Waals surface area (Å²) >= 11 is 17.5. The molecule has 17 heavy (non-hydrogen) atoms. The molecule has 1 N–H and O–H groups in total. The zero-order valence-electron chi connectivity index (χ0n) is 8.84. The molecule has 0 aliphatic rings. The Hall–Kier alpha value is -0.900. The normalized spacial score (nSPS) is 11.4. The Morgan fingerprint density at radius 1 is 1.35 bits per heavy atom. The van der Waals surface area contributed by atoms with Gasteiger partial charge in [-0.05, 0) is 24.6 Å². The topological polar surface area (TPSA) is 46.5 Å². The van der Waals surface area contributed by atoms with E-state index in [0.717, 1.165) is 6.08 Å². The highest BCUT2D eigenvalue weighted by Crippen LogP contribution is 2.35. The van der Waals surface area contributed by atoms with E-state index in [1.807, 2.05) is 0 Å². The van der Waals surface area contributed by atoms with Gasteiger partial charge in [-0.25, -0.2) is 4.79 Å². The third-order valence-electron chi connectivity index (χ3n) is 1.78. The zero-order chi connectivity index (χ0) is 13.0. The number of hydrogen-bond acceptors (Lipinski definition) is 2. The Morgan fingerprint density at radius 2 is 1.88 bits per heavy atom. The summed E-state index contributed by atoms with van der Waals surface area (Å²) in [7, 11) is 0. The Kier molecular flexibility index (Phi) is 5.12. The molecule has 1 aromatic carbocycles. The number of carbonyl (C=O) groups is 1. The fourth-order valence-electron chi connectivity index (χ4n) is 1.11. The van der Waals surface area contributed by atoms with Crippen molar-refractivity contribution < 1.29 is 14.6 Å². The molecule has 0 aliphatic carbocycles. The van der Waals surface area contributed by atoms with Gasteiger partial charge in [-0.3, -0.25) is 0 Å². The van der Waals surface area contributed by atoms with Crippen molar-refractivity contribution in [2.75, 3.05) is 6.61 Å². The molecule has 6 heteroatoms. The minimum Gasteiger partial charge on any atom is -0.486 e. The van der Waals surface area contributed by atoms with Crippen LogP contribution in [0, 0.1) is 0 Å². The van der Waals surface area contributed by atoms with Crippen molar-refractivity contribution in [3.8, 4) is 5.75 Å². The standard InChI is InChI=1S/C11H9Cl3O3/c1-6(2-10(15)16)5-17-11-8(13)3-7(12)4-9(11)14/h2-4H,5H2,1H3,(H,15,16). The molecule has 0 atom stereocenters. The highest BCUT2D eigenvalue weighted by Gasteiger charge is 2.09. The molecule has 1 aromatic rings. The summed E-state index contributed by atoms with van der Waals surface area (Å²) in [4.78, 5) is 10.4. The third-order valence-corrected chi connectivity index (χ3v) is 2.56. The van der Waals surface area contributed by atoms with Gasteiger partial charge >= 0.3 is 5.97 Å². The minimum absolute atomic E-state index is 0.0906. The van der Waals surface area contributed by atoms with Gasteiger partial charge in [-0.2, -0.15) is 0 Å². The van der Waals surface area contributed by atoms with Gasteiger partial charge in [-0.1, -0.05) is 34.8 Å². The molecule has 0 aliphatic heterocycles. The van der Waals surface area contributed by atoms with Gasteiger partial charge in [0.15, 0.2) is 5.75 Å². The van der Waals surface area contributed by atoms with E-state index in [-0.39, 0.29) is 22.4 Å². The van der Waals surface area contributed by atoms with Crippen LogP contribution in [0.25, 0.3) is 0 Å². The number of benzene rings is 1. The van der Waals surface area contributed by atoms with Crippen molar-refractivity contribution >= 4 is 40.8 Å². The second kappa shape index (κ2) is 6.15. The number of halogens is 3. The molecular weight excluding hydrogens is 286 g/mol. The molecule has 0 saturated carbocycles. The summed E-state index contributed by atoms with van der Waals surface area (Å²) in [6.45, 7) is 1.72. The van der Waals surface area contributed by atoms with Crippen molar-refractivity contribution in [3.05, 3.63) is 38.8 Å². The van der Waals surface area contributed by atoms with E-state index < -0.39 is 5.97 Å². The van der Waals surface area contributed by atoms with Crippen molar-refractivity contribution in [1.82, 2.24) is 0 Å². The first-order valence-corrected chi connectivity index (χ1v) is 5.71. The number of rotatable bonds is 4. The average molecular weight is 296 g/mol. The summed E-state index contributed by atoms with van der Waals surface area (Å²) in [5.74, 6) is -0.740. The second-order valence-electron chi connectivity index (χ2n) is 3.32. The van der Waals surface area contributed by atoms with E-state index in [9.17, 15) is 4.79 Å². The van der Waals surface area contributed by atoms with Crippen LogP contribution in [-0.2, 0) is 4.79 Å². The SMILES string of the molecule is CC(=CC(=O)O)COc1c(Cl)cc(Cl)cc1Cl. The van der Waals surface area contributed by atoms with Crippen molar-refractivity contribution in [2.45, 2.75) is 6.92 Å². The molecule has 92 valence electrons. The molecule has 0 radical (unpaired) electrons. The minimum atomic E-state index is -1.03. The smallest absolute Gasteiger partial charge is 0.328 e. The van der Waals surface area contributed by atoms with Gasteiger partial charge in [0.2, 0.25) is 0 Å². The van der Waals surface area contributed by atoms with Crippen LogP contribution >= 0.6 is 34.8 Å². The molecule has 3 nitrogen and oxygen atoms in total. The Morgan fingerprint density at radius 3 is 2.35 bits per heavy atom. The predicted octanol–water partition coefficient (Wildman–Crippen LogP) is 4.06. The molecule has 0 fully saturated rings. The Bertz CT molecular complexity index is 446. The maximum atomic E-state index is 10.4. The van der Waals surface area contributed by atoms with E-state index in [4.69, 9.17) is 44.6 Å². The lowest BCUT2D eigenvalue weighted by molar-refractivity contribution is -0.131. The molecule has 0 aromatic heterocycles. The van der Waals surface area contributed by atoms with Crippen molar-refractivity contribution in [2.24, 2.45) is 0 Å². The van der Waals surface area contributed by atoms with E-state index >= 15 is 0 Å². The number of carboxylic acids is 1. The van der Waals surface area contributed by atoms with Crippen LogP contribution in [-0.4, -0.2) is 17.7 Å². The second-order valence-corrected chi connectivity index (χ2v) is 4.57. The lowest BCUT2D eigenvalue weighted by Crippen LogP contribution is -2.02. The maximum Gasteiger partial charge on any atom is 0.328 e. The van der Waals surface area contributed by atoms with Gasteiger partial charge in [0, 0.05) is 11.1 Å². The van der Waals surface area contributed by atoms with Crippen LogP contribution < -0.4 is 4.74 Å². The first-order chi connectivity index (χ1) is 7.90. The van der Waals surface area contributed by atoms with Gasteiger partial charge < -0.3 is 9.84 Å². The third kappa shape index (κ3) is 4.46. The fourth-order valence-corrected chi connectivity index (χ4v) is 2.03. The van der Waals surface area contributed by atoms with Gasteiger partial charge in [0.1, 0.15) is 6.61 Å². The van der Waals surface area contributed by atoms with Gasteiger partial charge in [0.05, 0.1) is 10.0 Å². The summed E-state index contributed by atoms with van der Waals surface area (Å²) in [6.07, 6.45) is 1.05. The maximum absolute atomic E-state index is 10.4. The van der Waals surface area contributed by atoms with Crippen LogP contribution in [0.2, 0.25) is 15.1 Å². The van der Waals surface area contributed by atoms with E-state index in [2.05, 4.69) is 0 Å². The largest absolute Gasteiger partial charge is 0.486 e. The lowest BCUT2D eigenvalue weighted by atomic mass is 10.3. The van der Waals surface area contributed by atoms with Crippen LogP contribution in [0.15, 0.2) is 23.8 Å². The zero-order valence-corrected chi connectivity index (χ0v) is 11.1. The molecule has 0 unspecified atom stereocenters. The van der Waals surface area contributed by atoms with Crippen LogP contribution in [0.5, 0.6) is 5.75 Å². The summed E-state index contributed by atoms with van der Waals surface area (Å²) in [5, 5.41) is 9.50. The number of aliphatic carboxylic acids is 1. The van der Waals surface area contributed by atoms with Gasteiger partial charge in [0.25, 0.3) is 0 Å². The fraction of sp³-hybridized carbons (Fsp3) is 0.182. The molecule has 1 rings (SSSR count). The Labute approximate surface area is 114 Å². The molecular formula is C11H9Cl3O3. The number of carboxylic acid groups (broad SMARTS) is 1. The molecule has 0 bridgehead atoms. The Balaban J connectivity index is 2.80. The van der Waals surface area contributed by atoms with Crippen molar-refractivity contribution in [3.63, 3.8) is 0 Å². The van der Waals surface area contributed by atoms with E-state index in [1.165, 1.54) is 12.1 Å². The monoisotopic (exact) mass is 294 g/mol. The highest BCUT2D eigenvalue weighted by molar-refractivity contribution is 6.40. The predicted molar refractivity (Wildman–Crippen MR) is 68.4 cm³/mol. The number of hydrogen-bond donors (Lipinski definition) is 1. The summed E-state index contributed by atoms with van der Waals surface area (Å²) < 4.78 is 5.33. The van der Waals surface area contributed by atoms with Crippen LogP contribution in [0.4, 0.5) is 0 Å².